The summed E-state index contributed by atoms with van der Waals surface area (Å²) in [7, 11) is 0. The first kappa shape index (κ1) is 13.1. The van der Waals surface area contributed by atoms with Gasteiger partial charge in [-0.15, -0.1) is 0 Å². The number of aromatic nitrogens is 1. The van der Waals surface area contributed by atoms with Gasteiger partial charge in [0.1, 0.15) is 5.54 Å². The maximum atomic E-state index is 12.3. The third-order valence-electron chi connectivity index (χ3n) is 4.55. The molecule has 0 atom stereocenters. The largest absolute Gasteiger partial charge is 0.325 e. The second kappa shape index (κ2) is 4.89. The lowest BCUT2D eigenvalue weighted by Crippen LogP contribution is -2.51. The monoisotopic (exact) mass is 273 g/mol. The van der Waals surface area contributed by atoms with Gasteiger partial charge in [0.2, 0.25) is 0 Å². The average molecular weight is 273 g/mol. The topological polar surface area (TPSA) is 62.3 Å². The molecule has 2 fully saturated rings. The highest BCUT2D eigenvalue weighted by Crippen LogP contribution is 2.39. The highest BCUT2D eigenvalue weighted by atomic mass is 16.2. The Morgan fingerprint density at radius 3 is 2.75 bits per heavy atom. The lowest BCUT2D eigenvalue weighted by atomic mass is 9.76. The molecule has 1 spiro atoms. The first-order valence-electron chi connectivity index (χ1n) is 7.15. The van der Waals surface area contributed by atoms with E-state index in [4.69, 9.17) is 0 Å². The van der Waals surface area contributed by atoms with Gasteiger partial charge in [-0.05, 0) is 43.7 Å². The van der Waals surface area contributed by atoms with Crippen molar-refractivity contribution in [3.05, 3.63) is 30.1 Å². The van der Waals surface area contributed by atoms with E-state index in [9.17, 15) is 9.59 Å². The van der Waals surface area contributed by atoms with E-state index in [1.807, 2.05) is 18.2 Å². The molecule has 3 rings (SSSR count). The van der Waals surface area contributed by atoms with Crippen LogP contribution in [0.2, 0.25) is 0 Å². The van der Waals surface area contributed by atoms with Gasteiger partial charge in [-0.2, -0.15) is 0 Å². The van der Waals surface area contributed by atoms with Crippen LogP contribution in [0.5, 0.6) is 0 Å². The van der Waals surface area contributed by atoms with E-state index < -0.39 is 5.54 Å². The molecule has 2 heterocycles. The van der Waals surface area contributed by atoms with Crippen molar-refractivity contribution in [2.45, 2.75) is 44.7 Å². The third kappa shape index (κ3) is 2.07. The standard InChI is InChI=1S/C15H19N3O2/c1-11-5-7-15(8-6-11)13(19)17-14(20)18(15)10-12-4-2-3-9-16-12/h2-4,9,11H,5-8,10H2,1H3,(H,17,19,20). The number of pyridine rings is 1. The predicted octanol–water partition coefficient (Wildman–Crippen LogP) is 2.08. The molecule has 1 aromatic rings. The summed E-state index contributed by atoms with van der Waals surface area (Å²) >= 11 is 0. The number of amides is 3. The van der Waals surface area contributed by atoms with Crippen molar-refractivity contribution in [1.29, 1.82) is 0 Å². The average Bonchev–Trinajstić information content (AvgIpc) is 2.68. The number of nitrogens with one attached hydrogen (secondary N) is 1. The first-order chi connectivity index (χ1) is 9.62. The van der Waals surface area contributed by atoms with Crippen molar-refractivity contribution in [3.8, 4) is 0 Å². The Bertz CT molecular complexity index is 521. The lowest BCUT2D eigenvalue weighted by molar-refractivity contribution is -0.128. The van der Waals surface area contributed by atoms with Crippen molar-refractivity contribution in [2.24, 2.45) is 5.92 Å². The lowest BCUT2D eigenvalue weighted by Gasteiger charge is -2.39. The number of rotatable bonds is 2. The molecule has 1 saturated carbocycles. The van der Waals surface area contributed by atoms with E-state index in [0.717, 1.165) is 31.4 Å². The molecule has 1 saturated heterocycles. The summed E-state index contributed by atoms with van der Waals surface area (Å²) in [4.78, 5) is 30.3. The smallest absolute Gasteiger partial charge is 0.304 e. The Kier molecular flexibility index (Phi) is 3.20. The zero-order valence-corrected chi connectivity index (χ0v) is 11.6. The number of carbonyl (C=O) groups excluding carboxylic acids is 2. The zero-order chi connectivity index (χ0) is 14.2. The Labute approximate surface area is 118 Å². The Balaban J connectivity index is 1.87. The van der Waals surface area contributed by atoms with E-state index in [-0.39, 0.29) is 11.9 Å². The van der Waals surface area contributed by atoms with Crippen LogP contribution in [-0.2, 0) is 11.3 Å². The normalized spacial score (nSPS) is 29.9. The fourth-order valence-electron chi connectivity index (χ4n) is 3.21. The summed E-state index contributed by atoms with van der Waals surface area (Å²) in [5.41, 5.74) is 0.163. The van der Waals surface area contributed by atoms with Crippen LogP contribution in [0.25, 0.3) is 0 Å². The van der Waals surface area contributed by atoms with E-state index in [0.29, 0.717) is 12.5 Å². The molecule has 2 aliphatic rings. The number of hydrogen-bond donors (Lipinski definition) is 1. The fourth-order valence-corrected chi connectivity index (χ4v) is 3.21. The number of urea groups is 1. The molecular formula is C15H19N3O2. The fraction of sp³-hybridized carbons (Fsp3) is 0.533. The summed E-state index contributed by atoms with van der Waals surface area (Å²) in [5, 5.41) is 2.48. The minimum Gasteiger partial charge on any atom is -0.304 e. The second-order valence-electron chi connectivity index (χ2n) is 5.88. The molecule has 0 bridgehead atoms. The van der Waals surface area contributed by atoms with Crippen LogP contribution in [0.1, 0.15) is 38.3 Å². The second-order valence-corrected chi connectivity index (χ2v) is 5.88. The van der Waals surface area contributed by atoms with Gasteiger partial charge in [0.25, 0.3) is 5.91 Å². The van der Waals surface area contributed by atoms with Gasteiger partial charge in [0.05, 0.1) is 12.2 Å². The Morgan fingerprint density at radius 1 is 1.35 bits per heavy atom. The molecule has 5 nitrogen and oxygen atoms in total. The Hall–Kier alpha value is -1.91. The number of imide groups is 1. The molecule has 106 valence electrons. The van der Waals surface area contributed by atoms with Gasteiger partial charge in [0.15, 0.2) is 0 Å². The number of nitrogens with zero attached hydrogens (tertiary/aromatic N) is 2. The number of carbonyl (C=O) groups is 2. The number of hydrogen-bond acceptors (Lipinski definition) is 3. The summed E-state index contributed by atoms with van der Waals surface area (Å²) in [6, 6.07) is 5.34. The van der Waals surface area contributed by atoms with Crippen LogP contribution < -0.4 is 5.32 Å². The maximum absolute atomic E-state index is 12.3. The minimum atomic E-state index is -0.652. The van der Waals surface area contributed by atoms with Gasteiger partial charge in [-0.3, -0.25) is 15.1 Å². The molecule has 1 aliphatic heterocycles. The van der Waals surface area contributed by atoms with Crippen molar-refractivity contribution in [1.82, 2.24) is 15.2 Å². The highest BCUT2D eigenvalue weighted by Gasteiger charge is 2.53. The summed E-state index contributed by atoms with van der Waals surface area (Å²) in [6.45, 7) is 2.59. The van der Waals surface area contributed by atoms with Gasteiger partial charge < -0.3 is 4.90 Å². The van der Waals surface area contributed by atoms with Crippen LogP contribution in [0.3, 0.4) is 0 Å². The molecular weight excluding hydrogens is 254 g/mol. The van der Waals surface area contributed by atoms with Crippen LogP contribution in [0.15, 0.2) is 24.4 Å². The molecule has 5 heteroatoms. The van der Waals surface area contributed by atoms with E-state index in [1.165, 1.54) is 0 Å². The molecule has 1 N–H and O–H groups in total. The first-order valence-corrected chi connectivity index (χ1v) is 7.15. The van der Waals surface area contributed by atoms with Crippen molar-refractivity contribution in [2.75, 3.05) is 0 Å². The van der Waals surface area contributed by atoms with Crippen molar-refractivity contribution < 1.29 is 9.59 Å². The zero-order valence-electron chi connectivity index (χ0n) is 11.6. The maximum Gasteiger partial charge on any atom is 0.325 e. The van der Waals surface area contributed by atoms with Crippen molar-refractivity contribution in [3.63, 3.8) is 0 Å². The van der Waals surface area contributed by atoms with E-state index in [2.05, 4.69) is 17.2 Å². The van der Waals surface area contributed by atoms with Crippen LogP contribution >= 0.6 is 0 Å². The van der Waals surface area contributed by atoms with Crippen LogP contribution in [-0.4, -0.2) is 27.4 Å². The molecule has 0 aromatic carbocycles. The van der Waals surface area contributed by atoms with Gasteiger partial charge in [-0.1, -0.05) is 13.0 Å². The quantitative estimate of drug-likeness (QED) is 0.839. The molecule has 1 aromatic heterocycles. The predicted molar refractivity (Wildman–Crippen MR) is 73.7 cm³/mol. The molecule has 3 amide bonds. The van der Waals surface area contributed by atoms with E-state index >= 15 is 0 Å². The third-order valence-corrected chi connectivity index (χ3v) is 4.55. The Morgan fingerprint density at radius 2 is 2.10 bits per heavy atom. The summed E-state index contributed by atoms with van der Waals surface area (Å²) in [5.74, 6) is 0.492. The van der Waals surface area contributed by atoms with Crippen LogP contribution in [0.4, 0.5) is 4.79 Å². The summed E-state index contributed by atoms with van der Waals surface area (Å²) in [6.07, 6.45) is 5.18. The molecule has 0 radical (unpaired) electrons. The SMILES string of the molecule is CC1CCC2(CC1)C(=O)NC(=O)N2Cc1ccccn1. The van der Waals surface area contributed by atoms with Crippen LogP contribution in [0, 0.1) is 5.92 Å². The van der Waals surface area contributed by atoms with Gasteiger partial charge in [-0.25, -0.2) is 4.79 Å². The van der Waals surface area contributed by atoms with E-state index in [1.54, 1.807) is 11.1 Å². The molecule has 1 aliphatic carbocycles. The molecule has 0 unspecified atom stereocenters. The van der Waals surface area contributed by atoms with Crippen molar-refractivity contribution >= 4 is 11.9 Å². The highest BCUT2D eigenvalue weighted by molar-refractivity contribution is 6.07. The molecule has 20 heavy (non-hydrogen) atoms. The van der Waals surface area contributed by atoms with Gasteiger partial charge >= 0.3 is 6.03 Å². The minimum absolute atomic E-state index is 0.134. The van der Waals surface area contributed by atoms with Gasteiger partial charge in [0, 0.05) is 6.20 Å². The summed E-state index contributed by atoms with van der Waals surface area (Å²) < 4.78 is 0.